The standard InChI is InChI=1S/C21H22BrNO3/c1-3-16-8-6-9-17(4-2)21(16)23-19(24)14-26-20(25)12-11-15-7-5-10-18(22)13-15/h5-13H,3-4,14H2,1-2H3,(H,23,24)/b12-11+. The molecule has 26 heavy (non-hydrogen) atoms. The van der Waals surface area contributed by atoms with Gasteiger partial charge >= 0.3 is 5.97 Å². The fourth-order valence-electron chi connectivity index (χ4n) is 2.54. The Morgan fingerprint density at radius 3 is 2.35 bits per heavy atom. The van der Waals surface area contributed by atoms with Gasteiger partial charge in [-0.15, -0.1) is 0 Å². The summed E-state index contributed by atoms with van der Waals surface area (Å²) in [6, 6.07) is 13.5. The van der Waals surface area contributed by atoms with Crippen molar-refractivity contribution in [1.82, 2.24) is 0 Å². The van der Waals surface area contributed by atoms with Crippen molar-refractivity contribution in [1.29, 1.82) is 0 Å². The number of carbonyl (C=O) groups is 2. The SMILES string of the molecule is CCc1cccc(CC)c1NC(=O)COC(=O)/C=C/c1cccc(Br)c1. The summed E-state index contributed by atoms with van der Waals surface area (Å²) in [5.41, 5.74) is 3.82. The third-order valence-corrected chi connectivity index (χ3v) is 4.36. The smallest absolute Gasteiger partial charge is 0.331 e. The number of nitrogens with one attached hydrogen (secondary N) is 1. The summed E-state index contributed by atoms with van der Waals surface area (Å²) in [7, 11) is 0. The maximum atomic E-state index is 12.2. The van der Waals surface area contributed by atoms with E-state index in [1.165, 1.54) is 6.08 Å². The lowest BCUT2D eigenvalue weighted by molar-refractivity contribution is -0.142. The largest absolute Gasteiger partial charge is 0.452 e. The van der Waals surface area contributed by atoms with E-state index in [2.05, 4.69) is 21.2 Å². The molecule has 0 aliphatic rings. The lowest BCUT2D eigenvalue weighted by Crippen LogP contribution is -2.21. The van der Waals surface area contributed by atoms with Gasteiger partial charge in [-0.25, -0.2) is 4.79 Å². The second kappa shape index (κ2) is 9.92. The van der Waals surface area contributed by atoms with Crippen LogP contribution in [0.3, 0.4) is 0 Å². The third-order valence-electron chi connectivity index (χ3n) is 3.87. The lowest BCUT2D eigenvalue weighted by Gasteiger charge is -2.14. The monoisotopic (exact) mass is 415 g/mol. The highest BCUT2D eigenvalue weighted by Gasteiger charge is 2.11. The summed E-state index contributed by atoms with van der Waals surface area (Å²) in [6.07, 6.45) is 4.59. The van der Waals surface area contributed by atoms with Crippen LogP contribution < -0.4 is 5.32 Å². The van der Waals surface area contributed by atoms with Crippen LogP contribution in [0.25, 0.3) is 6.08 Å². The Bertz CT molecular complexity index is 792. The van der Waals surface area contributed by atoms with Gasteiger partial charge in [-0.3, -0.25) is 4.79 Å². The molecule has 2 aromatic rings. The number of ether oxygens (including phenoxy) is 1. The minimum atomic E-state index is -0.556. The Morgan fingerprint density at radius 2 is 1.73 bits per heavy atom. The highest BCUT2D eigenvalue weighted by atomic mass is 79.9. The first kappa shape index (κ1) is 19.9. The van der Waals surface area contributed by atoms with Crippen molar-refractivity contribution < 1.29 is 14.3 Å². The summed E-state index contributed by atoms with van der Waals surface area (Å²) in [5.74, 6) is -0.899. The van der Waals surface area contributed by atoms with Gasteiger partial charge in [-0.05, 0) is 47.7 Å². The molecular formula is C21H22BrNO3. The molecule has 0 aliphatic carbocycles. The molecule has 0 aromatic heterocycles. The van der Waals surface area contributed by atoms with E-state index in [9.17, 15) is 9.59 Å². The van der Waals surface area contributed by atoms with Crippen molar-refractivity contribution in [2.75, 3.05) is 11.9 Å². The Labute approximate surface area is 162 Å². The topological polar surface area (TPSA) is 55.4 Å². The van der Waals surface area contributed by atoms with E-state index < -0.39 is 5.97 Å². The molecule has 0 unspecified atom stereocenters. The zero-order valence-electron chi connectivity index (χ0n) is 14.9. The zero-order chi connectivity index (χ0) is 18.9. The third kappa shape index (κ3) is 5.85. The van der Waals surface area contributed by atoms with Crippen molar-refractivity contribution in [2.45, 2.75) is 26.7 Å². The van der Waals surface area contributed by atoms with Crippen LogP contribution in [-0.2, 0) is 27.2 Å². The summed E-state index contributed by atoms with van der Waals surface area (Å²) in [6.45, 7) is 3.76. The second-order valence-corrected chi connectivity index (χ2v) is 6.62. The van der Waals surface area contributed by atoms with Crippen molar-refractivity contribution >= 4 is 39.6 Å². The maximum Gasteiger partial charge on any atom is 0.331 e. The van der Waals surface area contributed by atoms with E-state index >= 15 is 0 Å². The number of aryl methyl sites for hydroxylation is 2. The molecule has 4 nitrogen and oxygen atoms in total. The number of anilines is 1. The number of halogens is 1. The molecule has 1 N–H and O–H groups in total. The van der Waals surface area contributed by atoms with Gasteiger partial charge in [-0.2, -0.15) is 0 Å². The van der Waals surface area contributed by atoms with E-state index in [1.54, 1.807) is 6.08 Å². The second-order valence-electron chi connectivity index (χ2n) is 5.70. The Morgan fingerprint density at radius 1 is 1.08 bits per heavy atom. The Hall–Kier alpha value is -2.40. The summed E-state index contributed by atoms with van der Waals surface area (Å²) < 4.78 is 5.95. The quantitative estimate of drug-likeness (QED) is 0.523. The van der Waals surface area contributed by atoms with Crippen LogP contribution in [0, 0.1) is 0 Å². The summed E-state index contributed by atoms with van der Waals surface area (Å²) >= 11 is 3.37. The highest BCUT2D eigenvalue weighted by Crippen LogP contribution is 2.22. The fourth-order valence-corrected chi connectivity index (χ4v) is 2.95. The van der Waals surface area contributed by atoms with E-state index in [0.29, 0.717) is 0 Å². The number of benzene rings is 2. The highest BCUT2D eigenvalue weighted by molar-refractivity contribution is 9.10. The minimum Gasteiger partial charge on any atom is -0.452 e. The summed E-state index contributed by atoms with van der Waals surface area (Å²) in [4.78, 5) is 24.0. The molecule has 2 rings (SSSR count). The van der Waals surface area contributed by atoms with E-state index in [-0.39, 0.29) is 12.5 Å². The number of para-hydroxylation sites is 1. The molecule has 1 amide bonds. The van der Waals surface area contributed by atoms with Gasteiger partial charge in [0.25, 0.3) is 5.91 Å². The van der Waals surface area contributed by atoms with Gasteiger partial charge in [-0.1, -0.05) is 60.1 Å². The van der Waals surface area contributed by atoms with Crippen LogP contribution in [0.2, 0.25) is 0 Å². The van der Waals surface area contributed by atoms with E-state index in [1.807, 2.05) is 56.3 Å². The van der Waals surface area contributed by atoms with Crippen LogP contribution in [-0.4, -0.2) is 18.5 Å². The molecule has 0 spiro atoms. The first-order chi connectivity index (χ1) is 12.5. The molecule has 0 aliphatic heterocycles. The van der Waals surface area contributed by atoms with Crippen molar-refractivity contribution in [3.8, 4) is 0 Å². The molecule has 0 saturated heterocycles. The van der Waals surface area contributed by atoms with Gasteiger partial charge in [0.15, 0.2) is 6.61 Å². The number of hydrogen-bond donors (Lipinski definition) is 1. The molecule has 0 fully saturated rings. The van der Waals surface area contributed by atoms with Gasteiger partial charge in [0.1, 0.15) is 0 Å². The molecule has 5 heteroatoms. The number of carbonyl (C=O) groups excluding carboxylic acids is 2. The normalized spacial score (nSPS) is 10.7. The molecule has 0 radical (unpaired) electrons. The van der Waals surface area contributed by atoms with Crippen LogP contribution in [0.5, 0.6) is 0 Å². The van der Waals surface area contributed by atoms with Crippen molar-refractivity contribution in [3.63, 3.8) is 0 Å². The molecular weight excluding hydrogens is 394 g/mol. The first-order valence-electron chi connectivity index (χ1n) is 8.54. The zero-order valence-corrected chi connectivity index (χ0v) is 16.5. The Balaban J connectivity index is 1.92. The van der Waals surface area contributed by atoms with Gasteiger partial charge < -0.3 is 10.1 Å². The maximum absolute atomic E-state index is 12.2. The van der Waals surface area contributed by atoms with Crippen LogP contribution in [0.15, 0.2) is 53.0 Å². The minimum absolute atomic E-state index is 0.317. The lowest BCUT2D eigenvalue weighted by atomic mass is 10.0. The summed E-state index contributed by atoms with van der Waals surface area (Å²) in [5, 5.41) is 2.87. The van der Waals surface area contributed by atoms with Crippen LogP contribution in [0.1, 0.15) is 30.5 Å². The van der Waals surface area contributed by atoms with Crippen molar-refractivity contribution in [3.05, 3.63) is 69.7 Å². The molecule has 0 atom stereocenters. The van der Waals surface area contributed by atoms with Gasteiger partial charge in [0, 0.05) is 16.2 Å². The van der Waals surface area contributed by atoms with E-state index in [0.717, 1.165) is 39.7 Å². The Kier molecular flexibility index (Phi) is 7.60. The molecule has 2 aromatic carbocycles. The molecule has 136 valence electrons. The number of esters is 1. The average molecular weight is 416 g/mol. The van der Waals surface area contributed by atoms with Crippen LogP contribution in [0.4, 0.5) is 5.69 Å². The number of rotatable bonds is 7. The molecule has 0 saturated carbocycles. The van der Waals surface area contributed by atoms with E-state index in [4.69, 9.17) is 4.74 Å². The number of hydrogen-bond acceptors (Lipinski definition) is 3. The predicted molar refractivity (Wildman–Crippen MR) is 108 cm³/mol. The first-order valence-corrected chi connectivity index (χ1v) is 9.33. The van der Waals surface area contributed by atoms with Crippen LogP contribution >= 0.6 is 15.9 Å². The molecule has 0 bridgehead atoms. The average Bonchev–Trinajstić information content (AvgIpc) is 2.65. The molecule has 0 heterocycles. The van der Waals surface area contributed by atoms with Gasteiger partial charge in [0.2, 0.25) is 0 Å². The van der Waals surface area contributed by atoms with Crippen molar-refractivity contribution in [2.24, 2.45) is 0 Å². The predicted octanol–water partition coefficient (Wildman–Crippen LogP) is 4.77. The van der Waals surface area contributed by atoms with Gasteiger partial charge in [0.05, 0.1) is 0 Å². The number of amides is 1. The fraction of sp³-hybridized carbons (Fsp3) is 0.238.